The fourth-order valence-corrected chi connectivity index (χ4v) is 9.24. The molecule has 0 aliphatic heterocycles. The topological polar surface area (TPSA) is 183 Å². The van der Waals surface area contributed by atoms with Gasteiger partial charge in [0.15, 0.2) is 5.78 Å². The van der Waals surface area contributed by atoms with E-state index in [1.807, 2.05) is 0 Å². The van der Waals surface area contributed by atoms with Crippen molar-refractivity contribution in [2.75, 3.05) is 13.2 Å². The first kappa shape index (κ1) is 31.4. The van der Waals surface area contributed by atoms with Crippen molar-refractivity contribution in [2.24, 2.45) is 28.6 Å². The van der Waals surface area contributed by atoms with E-state index in [0.717, 1.165) is 0 Å². The molecule has 0 amide bonds. The third kappa shape index (κ3) is 4.95. The van der Waals surface area contributed by atoms with Gasteiger partial charge in [0.25, 0.3) is 0 Å². The maximum Gasteiger partial charge on any atom is 0.302 e. The molecule has 0 aromatic carbocycles. The third-order valence-corrected chi connectivity index (χ3v) is 10.6. The first-order valence-corrected chi connectivity index (χ1v) is 14.3. The zero-order valence-electron chi connectivity index (χ0n) is 24.3. The number of hydrogen-bond donors (Lipinski definition) is 3. The van der Waals surface area contributed by atoms with E-state index < -0.39 is 101 Å². The highest BCUT2D eigenvalue weighted by molar-refractivity contribution is 5.83. The van der Waals surface area contributed by atoms with Crippen molar-refractivity contribution >= 4 is 29.7 Å². The van der Waals surface area contributed by atoms with Gasteiger partial charge in [0.2, 0.25) is 0 Å². The summed E-state index contributed by atoms with van der Waals surface area (Å²) in [7, 11) is 0. The molecule has 0 heterocycles. The van der Waals surface area contributed by atoms with Gasteiger partial charge in [0, 0.05) is 57.8 Å². The number of fused-ring (bicyclic) bond motifs is 5. The molecule has 10 atom stereocenters. The lowest BCUT2D eigenvalue weighted by atomic mass is 9.40. The van der Waals surface area contributed by atoms with Gasteiger partial charge >= 0.3 is 23.9 Å². The van der Waals surface area contributed by atoms with Crippen LogP contribution in [0.2, 0.25) is 0 Å². The molecule has 0 aromatic heterocycles. The average Bonchev–Trinajstić information content (AvgIpc) is 3.11. The lowest BCUT2D eigenvalue weighted by Gasteiger charge is -2.68. The van der Waals surface area contributed by atoms with Crippen molar-refractivity contribution in [3.05, 3.63) is 0 Å². The van der Waals surface area contributed by atoms with E-state index in [0.29, 0.717) is 6.42 Å². The molecular formula is C29H42O12. The van der Waals surface area contributed by atoms with Crippen LogP contribution < -0.4 is 0 Å². The first-order valence-electron chi connectivity index (χ1n) is 14.3. The summed E-state index contributed by atoms with van der Waals surface area (Å²) in [5.41, 5.74) is -5.82. The largest absolute Gasteiger partial charge is 0.465 e. The van der Waals surface area contributed by atoms with Gasteiger partial charge < -0.3 is 34.3 Å². The number of aliphatic hydroxyl groups excluding tert-OH is 1. The fraction of sp³-hybridized carbons (Fsp3) is 0.828. The third-order valence-electron chi connectivity index (χ3n) is 10.6. The van der Waals surface area contributed by atoms with E-state index in [9.17, 15) is 39.3 Å². The van der Waals surface area contributed by atoms with Crippen LogP contribution in [-0.4, -0.2) is 87.7 Å². The molecule has 0 bridgehead atoms. The highest BCUT2D eigenvalue weighted by Gasteiger charge is 2.77. The van der Waals surface area contributed by atoms with Crippen LogP contribution in [0.1, 0.15) is 79.6 Å². The van der Waals surface area contributed by atoms with Crippen molar-refractivity contribution in [1.82, 2.24) is 0 Å². The predicted octanol–water partition coefficient (Wildman–Crippen LogP) is 0.995. The van der Waals surface area contributed by atoms with Crippen molar-refractivity contribution < 1.29 is 58.2 Å². The van der Waals surface area contributed by atoms with E-state index in [2.05, 4.69) is 0 Å². The summed E-state index contributed by atoms with van der Waals surface area (Å²) in [6.45, 7) is 5.55. The van der Waals surface area contributed by atoms with Crippen molar-refractivity contribution in [3.8, 4) is 0 Å². The molecule has 0 saturated heterocycles. The van der Waals surface area contributed by atoms with E-state index in [1.54, 1.807) is 6.92 Å². The van der Waals surface area contributed by atoms with Gasteiger partial charge in [-0.25, -0.2) is 0 Å². The highest BCUT2D eigenvalue weighted by atomic mass is 16.6. The molecule has 4 saturated carbocycles. The Morgan fingerprint density at radius 3 is 2.02 bits per heavy atom. The lowest BCUT2D eigenvalue weighted by molar-refractivity contribution is -0.320. The first-order chi connectivity index (χ1) is 19.0. The zero-order chi connectivity index (χ0) is 30.5. The summed E-state index contributed by atoms with van der Waals surface area (Å²) < 4.78 is 22.8. The Balaban J connectivity index is 1.94. The van der Waals surface area contributed by atoms with Gasteiger partial charge in [0.05, 0.1) is 16.6 Å². The number of hydrogen-bond acceptors (Lipinski definition) is 12. The molecule has 4 rings (SSSR count). The normalized spacial score (nSPS) is 43.0. The van der Waals surface area contributed by atoms with Crippen LogP contribution in [0.25, 0.3) is 0 Å². The number of carbonyl (C=O) groups is 5. The van der Waals surface area contributed by atoms with Gasteiger partial charge in [-0.1, -0.05) is 6.92 Å². The van der Waals surface area contributed by atoms with Gasteiger partial charge in [0.1, 0.15) is 31.5 Å². The van der Waals surface area contributed by atoms with Crippen LogP contribution in [-0.2, 0) is 42.9 Å². The predicted molar refractivity (Wildman–Crippen MR) is 139 cm³/mol. The van der Waals surface area contributed by atoms with Gasteiger partial charge in [-0.2, -0.15) is 0 Å². The molecule has 12 heteroatoms. The number of aliphatic hydroxyl groups is 3. The summed E-state index contributed by atoms with van der Waals surface area (Å²) >= 11 is 0. The van der Waals surface area contributed by atoms with Crippen LogP contribution in [0.3, 0.4) is 0 Å². The number of ether oxygens (including phenoxy) is 4. The Labute approximate surface area is 239 Å². The van der Waals surface area contributed by atoms with Crippen molar-refractivity contribution in [3.63, 3.8) is 0 Å². The standard InChI is InChI=1S/C29H42O12/c1-15(31)38-14-28-24(41-18(4)34)10-19(39-16(2)32)11-27(28,36)8-6-21-25(28)23(40-17(3)33)12-26(5)20(22(35)13-30)7-9-29(21,26)37/h19-21,23-25,30,36-37H,6-14H2,1-5H3/t19?,20?,21?,23-,24+,25?,26?,27?,28?,29?/m1/s1. The molecule has 3 N–H and O–H groups in total. The minimum Gasteiger partial charge on any atom is -0.465 e. The SMILES string of the molecule is CC(=O)OCC12C3C(CCC1(O)CC(OC(C)=O)C[C@@H]2OC(C)=O)C1(O)CCC(C(=O)CO)C1(C)C[C@H]3OC(C)=O. The quantitative estimate of drug-likeness (QED) is 0.286. The van der Waals surface area contributed by atoms with Gasteiger partial charge in [-0.15, -0.1) is 0 Å². The van der Waals surface area contributed by atoms with Crippen LogP contribution in [0, 0.1) is 28.6 Å². The Bertz CT molecular complexity index is 1110. The summed E-state index contributed by atoms with van der Waals surface area (Å²) in [5, 5.41) is 34.7. The van der Waals surface area contributed by atoms with Crippen LogP contribution in [0.4, 0.5) is 0 Å². The maximum atomic E-state index is 12.9. The van der Waals surface area contributed by atoms with E-state index in [4.69, 9.17) is 18.9 Å². The number of Topliss-reactive ketones (excluding diaryl/α,β-unsaturated/α-hetero) is 1. The molecule has 230 valence electrons. The Morgan fingerprint density at radius 2 is 1.46 bits per heavy atom. The molecule has 0 aromatic rings. The maximum absolute atomic E-state index is 12.9. The zero-order valence-corrected chi connectivity index (χ0v) is 24.3. The smallest absolute Gasteiger partial charge is 0.302 e. The van der Waals surface area contributed by atoms with Crippen LogP contribution >= 0.6 is 0 Å². The molecule has 12 nitrogen and oxygen atoms in total. The minimum atomic E-state index is -1.72. The lowest BCUT2D eigenvalue weighted by Crippen LogP contribution is -2.76. The molecule has 0 radical (unpaired) electrons. The summed E-state index contributed by atoms with van der Waals surface area (Å²) in [5.74, 6) is -5.16. The summed E-state index contributed by atoms with van der Waals surface area (Å²) in [6.07, 6.45) is -2.12. The molecule has 8 unspecified atom stereocenters. The van der Waals surface area contributed by atoms with E-state index in [1.165, 1.54) is 27.7 Å². The Hall–Kier alpha value is -2.57. The van der Waals surface area contributed by atoms with Crippen LogP contribution in [0.5, 0.6) is 0 Å². The monoisotopic (exact) mass is 582 g/mol. The van der Waals surface area contributed by atoms with Crippen molar-refractivity contribution in [1.29, 1.82) is 0 Å². The Morgan fingerprint density at radius 1 is 0.829 bits per heavy atom. The average molecular weight is 583 g/mol. The number of carbonyl (C=O) groups excluding carboxylic acids is 5. The highest BCUT2D eigenvalue weighted by Crippen LogP contribution is 2.71. The van der Waals surface area contributed by atoms with Gasteiger partial charge in [-0.05, 0) is 38.0 Å². The van der Waals surface area contributed by atoms with E-state index in [-0.39, 0.29) is 38.5 Å². The molecule has 4 fully saturated rings. The van der Waals surface area contributed by atoms with Gasteiger partial charge in [-0.3, -0.25) is 24.0 Å². The fourth-order valence-electron chi connectivity index (χ4n) is 9.24. The number of rotatable bonds is 7. The molecule has 4 aliphatic carbocycles. The molecule has 41 heavy (non-hydrogen) atoms. The molecule has 0 spiro atoms. The second-order valence-electron chi connectivity index (χ2n) is 12.7. The second-order valence-corrected chi connectivity index (χ2v) is 12.7. The van der Waals surface area contributed by atoms with Crippen molar-refractivity contribution in [2.45, 2.75) is 109 Å². The summed E-state index contributed by atoms with van der Waals surface area (Å²) in [4.78, 5) is 61.9. The number of ketones is 1. The summed E-state index contributed by atoms with van der Waals surface area (Å²) in [6, 6.07) is 0. The molecular weight excluding hydrogens is 540 g/mol. The Kier molecular flexibility index (Phi) is 8.36. The molecule has 4 aliphatic rings. The van der Waals surface area contributed by atoms with Crippen LogP contribution in [0.15, 0.2) is 0 Å². The second kappa shape index (κ2) is 10.9. The van der Waals surface area contributed by atoms with E-state index >= 15 is 0 Å². The number of esters is 4. The minimum absolute atomic E-state index is 0.0138.